The largest absolute Gasteiger partial charge is 0.417 e. The maximum Gasteiger partial charge on any atom is 0.417 e. The molecule has 0 aromatic carbocycles. The minimum absolute atomic E-state index is 0.122. The molecule has 0 amide bonds. The Morgan fingerprint density at radius 3 is 2.75 bits per heavy atom. The monoisotopic (exact) mass is 377 g/mol. The normalized spacial score (nSPS) is 13.6. The Balaban J connectivity index is 1.96. The first-order chi connectivity index (χ1) is 11.3. The Morgan fingerprint density at radius 1 is 1.38 bits per heavy atom. The summed E-state index contributed by atoms with van der Waals surface area (Å²) < 4.78 is 45.2. The van der Waals surface area contributed by atoms with E-state index in [1.165, 1.54) is 4.40 Å². The number of hydrogen-bond donors (Lipinski definition) is 0. The lowest BCUT2D eigenvalue weighted by molar-refractivity contribution is -0.137. The van der Waals surface area contributed by atoms with E-state index in [1.54, 1.807) is 6.92 Å². The fourth-order valence-corrected chi connectivity index (χ4v) is 3.05. The topological polar surface area (TPSA) is 69.1 Å². The number of thioether (sulfide) groups is 1. The number of fused-ring (bicyclic) bond motifs is 1. The molecule has 3 heterocycles. The number of hydrogen-bond acceptors (Lipinski definition) is 6. The average Bonchev–Trinajstić information content (AvgIpc) is 3.13. The van der Waals surface area contributed by atoms with Gasteiger partial charge in [0.05, 0.1) is 15.8 Å². The van der Waals surface area contributed by atoms with Crippen LogP contribution in [0.4, 0.5) is 13.2 Å². The van der Waals surface area contributed by atoms with Gasteiger partial charge in [0.2, 0.25) is 5.89 Å². The number of nitrogens with zero attached hydrogens (tertiary/aromatic N) is 5. The van der Waals surface area contributed by atoms with Crippen LogP contribution in [0.15, 0.2) is 21.9 Å². The molecule has 1 unspecified atom stereocenters. The highest BCUT2D eigenvalue weighted by atomic mass is 35.5. The van der Waals surface area contributed by atoms with Gasteiger partial charge in [-0.15, -0.1) is 10.2 Å². The van der Waals surface area contributed by atoms with Crippen LogP contribution in [0.2, 0.25) is 5.02 Å². The van der Waals surface area contributed by atoms with E-state index in [0.29, 0.717) is 18.1 Å². The molecular formula is C13H11ClF3N5OS. The van der Waals surface area contributed by atoms with Gasteiger partial charge in [-0.1, -0.05) is 35.4 Å². The van der Waals surface area contributed by atoms with Gasteiger partial charge in [0, 0.05) is 12.6 Å². The molecule has 3 rings (SSSR count). The molecule has 1 atom stereocenters. The second-order valence-corrected chi connectivity index (χ2v) is 6.63. The van der Waals surface area contributed by atoms with E-state index in [0.717, 1.165) is 24.0 Å². The van der Waals surface area contributed by atoms with Crippen molar-refractivity contribution in [3.63, 3.8) is 0 Å². The van der Waals surface area contributed by atoms with Crippen molar-refractivity contribution in [1.29, 1.82) is 0 Å². The van der Waals surface area contributed by atoms with Crippen molar-refractivity contribution < 1.29 is 17.7 Å². The zero-order valence-electron chi connectivity index (χ0n) is 12.5. The summed E-state index contributed by atoms with van der Waals surface area (Å²) in [4.78, 5) is 4.20. The van der Waals surface area contributed by atoms with Crippen LogP contribution in [0.25, 0.3) is 5.65 Å². The number of pyridine rings is 1. The van der Waals surface area contributed by atoms with Crippen molar-refractivity contribution >= 4 is 29.0 Å². The number of rotatable bonds is 4. The van der Waals surface area contributed by atoms with Crippen molar-refractivity contribution in [3.8, 4) is 0 Å². The van der Waals surface area contributed by atoms with Gasteiger partial charge in [0.25, 0.3) is 0 Å². The van der Waals surface area contributed by atoms with Crippen LogP contribution in [0.3, 0.4) is 0 Å². The van der Waals surface area contributed by atoms with Crippen molar-refractivity contribution in [3.05, 3.63) is 34.6 Å². The van der Waals surface area contributed by atoms with Gasteiger partial charge in [-0.2, -0.15) is 18.2 Å². The summed E-state index contributed by atoms with van der Waals surface area (Å²) in [5, 5.41) is 11.4. The standard InChI is InChI=1S/C13H11ClF3N5OS/c1-3-9-18-11(23-21-9)6(2)24-12-20-19-10-8(14)4-7(5-22(10)12)13(15,16)17/h4-6H,3H2,1-2H3. The number of alkyl halides is 3. The van der Waals surface area contributed by atoms with Crippen LogP contribution in [0, 0.1) is 0 Å². The predicted octanol–water partition coefficient (Wildman–Crippen LogP) is 4.20. The van der Waals surface area contributed by atoms with Crippen LogP contribution in [-0.4, -0.2) is 24.7 Å². The fourth-order valence-electron chi connectivity index (χ4n) is 1.95. The van der Waals surface area contributed by atoms with E-state index in [2.05, 4.69) is 20.3 Å². The SMILES string of the molecule is CCc1noc(C(C)Sc2nnc3c(Cl)cc(C(F)(F)F)cn23)n1. The molecule has 3 aromatic rings. The Bertz CT molecular complexity index is 878. The maximum atomic E-state index is 13.0. The molecule has 0 saturated carbocycles. The molecule has 11 heteroatoms. The maximum absolute atomic E-state index is 13.0. The molecule has 0 bridgehead atoms. The summed E-state index contributed by atoms with van der Waals surface area (Å²) in [5.41, 5.74) is -0.723. The van der Waals surface area contributed by atoms with Gasteiger partial charge in [-0.25, -0.2) is 0 Å². The van der Waals surface area contributed by atoms with E-state index in [4.69, 9.17) is 16.1 Å². The highest BCUT2D eigenvalue weighted by molar-refractivity contribution is 7.99. The molecule has 0 aliphatic carbocycles. The van der Waals surface area contributed by atoms with Crippen LogP contribution in [0.1, 0.15) is 36.4 Å². The van der Waals surface area contributed by atoms with Crippen molar-refractivity contribution in [2.75, 3.05) is 0 Å². The summed E-state index contributed by atoms with van der Waals surface area (Å²) in [6.45, 7) is 3.67. The Morgan fingerprint density at radius 2 is 2.12 bits per heavy atom. The Labute approximate surface area is 143 Å². The minimum atomic E-state index is -4.52. The zero-order valence-corrected chi connectivity index (χ0v) is 14.1. The second kappa shape index (κ2) is 6.25. The van der Waals surface area contributed by atoms with Gasteiger partial charge in [0.15, 0.2) is 16.6 Å². The summed E-state index contributed by atoms with van der Waals surface area (Å²) in [5.74, 6) is 0.928. The molecule has 24 heavy (non-hydrogen) atoms. The number of aromatic nitrogens is 5. The first-order valence-electron chi connectivity index (χ1n) is 6.90. The van der Waals surface area contributed by atoms with E-state index in [1.807, 2.05) is 6.92 Å². The molecule has 0 aliphatic rings. The molecule has 0 fully saturated rings. The average molecular weight is 378 g/mol. The molecule has 6 nitrogen and oxygen atoms in total. The van der Waals surface area contributed by atoms with Crippen LogP contribution in [-0.2, 0) is 12.6 Å². The highest BCUT2D eigenvalue weighted by Crippen LogP contribution is 2.36. The third-order valence-electron chi connectivity index (χ3n) is 3.19. The molecular weight excluding hydrogens is 367 g/mol. The lowest BCUT2D eigenvalue weighted by atomic mass is 10.3. The summed E-state index contributed by atoms with van der Waals surface area (Å²) in [6.07, 6.45) is -2.97. The van der Waals surface area contributed by atoms with Gasteiger partial charge < -0.3 is 4.52 Å². The predicted molar refractivity (Wildman–Crippen MR) is 80.9 cm³/mol. The van der Waals surface area contributed by atoms with Gasteiger partial charge in [-0.05, 0) is 13.0 Å². The summed E-state index contributed by atoms with van der Waals surface area (Å²) in [6, 6.07) is 0.828. The van der Waals surface area contributed by atoms with Crippen molar-refractivity contribution in [1.82, 2.24) is 24.7 Å². The van der Waals surface area contributed by atoms with E-state index >= 15 is 0 Å². The molecule has 0 radical (unpaired) electrons. The quantitative estimate of drug-likeness (QED) is 0.635. The van der Waals surface area contributed by atoms with Crippen molar-refractivity contribution in [2.24, 2.45) is 0 Å². The lowest BCUT2D eigenvalue weighted by Crippen LogP contribution is -2.07. The third kappa shape index (κ3) is 3.20. The second-order valence-electron chi connectivity index (χ2n) is 4.91. The van der Waals surface area contributed by atoms with Gasteiger partial charge in [0.1, 0.15) is 0 Å². The molecule has 0 aliphatic heterocycles. The van der Waals surface area contributed by atoms with E-state index in [-0.39, 0.29) is 21.1 Å². The van der Waals surface area contributed by atoms with Gasteiger partial charge >= 0.3 is 6.18 Å². The lowest BCUT2D eigenvalue weighted by Gasteiger charge is -2.09. The molecule has 0 spiro atoms. The fraction of sp³-hybridized carbons (Fsp3) is 0.385. The van der Waals surface area contributed by atoms with E-state index in [9.17, 15) is 13.2 Å². The van der Waals surface area contributed by atoms with Crippen LogP contribution in [0.5, 0.6) is 0 Å². The minimum Gasteiger partial charge on any atom is -0.338 e. The Hall–Kier alpha value is -1.81. The first kappa shape index (κ1) is 17.0. The summed E-state index contributed by atoms with van der Waals surface area (Å²) >= 11 is 7.04. The number of halogens is 4. The Kier molecular flexibility index (Phi) is 4.43. The number of aryl methyl sites for hydroxylation is 1. The van der Waals surface area contributed by atoms with Crippen LogP contribution >= 0.6 is 23.4 Å². The molecule has 0 saturated heterocycles. The van der Waals surface area contributed by atoms with Crippen molar-refractivity contribution in [2.45, 2.75) is 36.9 Å². The molecule has 128 valence electrons. The van der Waals surface area contributed by atoms with Crippen LogP contribution < -0.4 is 0 Å². The summed E-state index contributed by atoms with van der Waals surface area (Å²) in [7, 11) is 0. The van der Waals surface area contributed by atoms with Gasteiger partial charge in [-0.3, -0.25) is 4.40 Å². The van der Waals surface area contributed by atoms with E-state index < -0.39 is 11.7 Å². The smallest absolute Gasteiger partial charge is 0.338 e. The highest BCUT2D eigenvalue weighted by Gasteiger charge is 2.32. The zero-order chi connectivity index (χ0) is 17.5. The molecule has 0 N–H and O–H groups in total. The first-order valence-corrected chi connectivity index (χ1v) is 8.16. The third-order valence-corrected chi connectivity index (χ3v) is 4.51. The molecule has 3 aromatic heterocycles.